The van der Waals surface area contributed by atoms with Crippen molar-refractivity contribution in [3.05, 3.63) is 29.0 Å². The van der Waals surface area contributed by atoms with Gasteiger partial charge in [0.2, 0.25) is 5.91 Å². The molecule has 0 atom stereocenters. The molecule has 0 bridgehead atoms. The molecule has 0 aliphatic heterocycles. The van der Waals surface area contributed by atoms with Crippen LogP contribution >= 0.6 is 11.6 Å². The minimum absolute atomic E-state index is 0.0807. The Morgan fingerprint density at radius 1 is 1.44 bits per heavy atom. The maximum absolute atomic E-state index is 12.9. The van der Waals surface area contributed by atoms with Crippen molar-refractivity contribution in [2.75, 3.05) is 5.43 Å². The summed E-state index contributed by atoms with van der Waals surface area (Å²) in [5.74, 6) is 0.00669. The van der Waals surface area contributed by atoms with Crippen molar-refractivity contribution in [2.24, 2.45) is 5.92 Å². The van der Waals surface area contributed by atoms with Crippen LogP contribution in [-0.4, -0.2) is 5.91 Å². The number of hydrazine groups is 1. The number of nitrogens with one attached hydrogen (secondary N) is 2. The summed E-state index contributed by atoms with van der Waals surface area (Å²) in [6.45, 7) is 0. The molecule has 16 heavy (non-hydrogen) atoms. The lowest BCUT2D eigenvalue weighted by Crippen LogP contribution is -2.29. The van der Waals surface area contributed by atoms with Gasteiger partial charge in [-0.1, -0.05) is 11.6 Å². The Hall–Kier alpha value is -1.29. The van der Waals surface area contributed by atoms with E-state index in [2.05, 4.69) is 10.9 Å². The van der Waals surface area contributed by atoms with E-state index in [0.717, 1.165) is 12.8 Å². The highest BCUT2D eigenvalue weighted by Gasteiger charge is 2.24. The summed E-state index contributed by atoms with van der Waals surface area (Å²) >= 11 is 5.67. The second-order valence-corrected chi connectivity index (χ2v) is 4.42. The second kappa shape index (κ2) is 4.70. The first-order valence-electron chi connectivity index (χ1n) is 5.14. The fraction of sp³-hybridized carbons (Fsp3) is 0.364. The lowest BCUT2D eigenvalue weighted by atomic mass is 10.3. The molecule has 86 valence electrons. The molecule has 0 radical (unpaired) electrons. The summed E-state index contributed by atoms with van der Waals surface area (Å²) in [7, 11) is 0. The van der Waals surface area contributed by atoms with Crippen molar-refractivity contribution in [3.63, 3.8) is 0 Å². The Bertz CT molecular complexity index is 387. The molecule has 0 heterocycles. The van der Waals surface area contributed by atoms with E-state index in [4.69, 9.17) is 11.6 Å². The van der Waals surface area contributed by atoms with E-state index in [1.165, 1.54) is 12.1 Å². The maximum Gasteiger partial charge on any atom is 0.238 e. The van der Waals surface area contributed by atoms with Crippen LogP contribution in [0.25, 0.3) is 0 Å². The molecule has 1 aromatic carbocycles. The van der Waals surface area contributed by atoms with Gasteiger partial charge in [-0.2, -0.15) is 0 Å². The Morgan fingerprint density at radius 3 is 2.81 bits per heavy atom. The van der Waals surface area contributed by atoms with E-state index in [1.54, 1.807) is 6.07 Å². The summed E-state index contributed by atoms with van der Waals surface area (Å²) < 4.78 is 12.9. The zero-order valence-corrected chi connectivity index (χ0v) is 9.35. The third-order valence-electron chi connectivity index (χ3n) is 2.38. The molecule has 1 aliphatic carbocycles. The first-order valence-corrected chi connectivity index (χ1v) is 5.52. The van der Waals surface area contributed by atoms with E-state index < -0.39 is 5.82 Å². The van der Waals surface area contributed by atoms with Crippen molar-refractivity contribution in [1.82, 2.24) is 5.43 Å². The molecule has 0 aromatic heterocycles. The molecule has 1 fully saturated rings. The lowest BCUT2D eigenvalue weighted by Gasteiger charge is -2.08. The molecule has 1 saturated carbocycles. The van der Waals surface area contributed by atoms with Crippen LogP contribution in [-0.2, 0) is 4.79 Å². The molecule has 5 heteroatoms. The number of halogens is 2. The summed E-state index contributed by atoms with van der Waals surface area (Å²) in [5, 5.41) is 0.291. The number of hydrogen-bond acceptors (Lipinski definition) is 2. The number of anilines is 1. The minimum atomic E-state index is -0.438. The number of carbonyl (C=O) groups excluding carboxylic acids is 1. The first kappa shape index (κ1) is 11.2. The van der Waals surface area contributed by atoms with Crippen LogP contribution in [0.1, 0.15) is 19.3 Å². The highest BCUT2D eigenvalue weighted by Crippen LogP contribution is 2.32. The topological polar surface area (TPSA) is 41.1 Å². The zero-order chi connectivity index (χ0) is 11.5. The predicted molar refractivity (Wildman–Crippen MR) is 60.5 cm³/mol. The molecule has 1 amide bonds. The number of hydrogen-bond donors (Lipinski definition) is 2. The highest BCUT2D eigenvalue weighted by molar-refractivity contribution is 6.30. The summed E-state index contributed by atoms with van der Waals surface area (Å²) in [6.07, 6.45) is 2.77. The molecule has 1 aliphatic rings. The van der Waals surface area contributed by atoms with Crippen LogP contribution in [0.3, 0.4) is 0 Å². The summed E-state index contributed by atoms with van der Waals surface area (Å²) in [5.41, 5.74) is 5.58. The number of amides is 1. The average molecular weight is 243 g/mol. The third kappa shape index (κ3) is 3.38. The monoisotopic (exact) mass is 242 g/mol. The van der Waals surface area contributed by atoms with Crippen molar-refractivity contribution in [3.8, 4) is 0 Å². The Labute approximate surface area is 98.0 Å². The molecule has 0 saturated heterocycles. The second-order valence-electron chi connectivity index (χ2n) is 3.98. The van der Waals surface area contributed by atoms with Gasteiger partial charge in [0, 0.05) is 11.4 Å². The van der Waals surface area contributed by atoms with Gasteiger partial charge in [0.15, 0.2) is 0 Å². The molecular formula is C11H12ClFN2O. The largest absolute Gasteiger partial charge is 0.298 e. The fourth-order valence-corrected chi connectivity index (χ4v) is 1.62. The van der Waals surface area contributed by atoms with Gasteiger partial charge >= 0.3 is 0 Å². The number of carbonyl (C=O) groups is 1. The predicted octanol–water partition coefficient (Wildman–Crippen LogP) is 2.72. The molecule has 0 unspecified atom stereocenters. The van der Waals surface area contributed by atoms with Crippen molar-refractivity contribution < 1.29 is 9.18 Å². The standard InChI is InChI=1S/C11H12ClFN2O/c12-8-4-9(13)6-10(5-8)14-15-11(16)3-7-1-2-7/h4-7,14H,1-3H2,(H,15,16). The van der Waals surface area contributed by atoms with Gasteiger partial charge in [-0.15, -0.1) is 0 Å². The number of benzene rings is 1. The van der Waals surface area contributed by atoms with Crippen LogP contribution in [0.15, 0.2) is 18.2 Å². The first-order chi connectivity index (χ1) is 7.63. The van der Waals surface area contributed by atoms with Crippen LogP contribution in [0.5, 0.6) is 0 Å². The molecule has 3 nitrogen and oxygen atoms in total. The van der Waals surface area contributed by atoms with Crippen molar-refractivity contribution in [1.29, 1.82) is 0 Å². The van der Waals surface area contributed by atoms with Gasteiger partial charge in [0.1, 0.15) is 5.82 Å². The average Bonchev–Trinajstić information content (AvgIpc) is 2.97. The van der Waals surface area contributed by atoms with Gasteiger partial charge in [-0.25, -0.2) is 4.39 Å². The lowest BCUT2D eigenvalue weighted by molar-refractivity contribution is -0.120. The zero-order valence-electron chi connectivity index (χ0n) is 8.59. The van der Waals surface area contributed by atoms with Gasteiger partial charge < -0.3 is 0 Å². The quantitative estimate of drug-likeness (QED) is 0.797. The van der Waals surface area contributed by atoms with Crippen LogP contribution in [0.4, 0.5) is 10.1 Å². The molecule has 2 rings (SSSR count). The minimum Gasteiger partial charge on any atom is -0.298 e. The molecular weight excluding hydrogens is 231 g/mol. The Kier molecular flexibility index (Phi) is 3.29. The van der Waals surface area contributed by atoms with Gasteiger partial charge in [-0.3, -0.25) is 15.6 Å². The summed E-state index contributed by atoms with van der Waals surface area (Å²) in [4.78, 5) is 11.3. The van der Waals surface area contributed by atoms with Gasteiger partial charge in [-0.05, 0) is 37.0 Å². The van der Waals surface area contributed by atoms with E-state index in [-0.39, 0.29) is 5.91 Å². The fourth-order valence-electron chi connectivity index (χ4n) is 1.40. The van der Waals surface area contributed by atoms with Gasteiger partial charge in [0.25, 0.3) is 0 Å². The van der Waals surface area contributed by atoms with E-state index in [9.17, 15) is 9.18 Å². The highest BCUT2D eigenvalue weighted by atomic mass is 35.5. The SMILES string of the molecule is O=C(CC1CC1)NNc1cc(F)cc(Cl)c1. The molecule has 1 aromatic rings. The van der Waals surface area contributed by atoms with Crippen molar-refractivity contribution >= 4 is 23.2 Å². The van der Waals surface area contributed by atoms with E-state index in [1.807, 2.05) is 0 Å². The smallest absolute Gasteiger partial charge is 0.238 e. The maximum atomic E-state index is 12.9. The number of rotatable bonds is 4. The van der Waals surface area contributed by atoms with Gasteiger partial charge in [0.05, 0.1) is 5.69 Å². The van der Waals surface area contributed by atoms with E-state index in [0.29, 0.717) is 23.0 Å². The van der Waals surface area contributed by atoms with Crippen molar-refractivity contribution in [2.45, 2.75) is 19.3 Å². The third-order valence-corrected chi connectivity index (χ3v) is 2.60. The molecule has 0 spiro atoms. The van der Waals surface area contributed by atoms with Crippen LogP contribution in [0.2, 0.25) is 5.02 Å². The Morgan fingerprint density at radius 2 is 2.19 bits per heavy atom. The molecule has 2 N–H and O–H groups in total. The Balaban J connectivity index is 1.85. The van der Waals surface area contributed by atoms with Crippen LogP contribution < -0.4 is 10.9 Å². The van der Waals surface area contributed by atoms with E-state index >= 15 is 0 Å². The normalized spacial score (nSPS) is 14.6. The summed E-state index contributed by atoms with van der Waals surface area (Å²) in [6, 6.07) is 4.02. The van der Waals surface area contributed by atoms with Crippen LogP contribution in [0, 0.1) is 11.7 Å².